The van der Waals surface area contributed by atoms with Gasteiger partial charge in [-0.25, -0.2) is 12.8 Å². The van der Waals surface area contributed by atoms with Crippen molar-refractivity contribution in [1.82, 2.24) is 4.90 Å². The second-order valence-electron chi connectivity index (χ2n) is 4.89. The van der Waals surface area contributed by atoms with E-state index in [1.165, 1.54) is 12.1 Å². The maximum absolute atomic E-state index is 13.3. The van der Waals surface area contributed by atoms with Crippen LogP contribution in [0.3, 0.4) is 0 Å². The molecule has 102 valence electrons. The molecule has 1 fully saturated rings. The summed E-state index contributed by atoms with van der Waals surface area (Å²) >= 11 is 0. The lowest BCUT2D eigenvalue weighted by molar-refractivity contribution is 0.218. The zero-order valence-electron chi connectivity index (χ0n) is 10.6. The first-order valence-electron chi connectivity index (χ1n) is 6.04. The van der Waals surface area contributed by atoms with Gasteiger partial charge in [-0.15, -0.1) is 0 Å². The Hall–Kier alpha value is -1.45. The quantitative estimate of drug-likeness (QED) is 0.820. The molecule has 6 heteroatoms. The molecule has 1 aromatic carbocycles. The van der Waals surface area contributed by atoms with Gasteiger partial charge in [-0.2, -0.15) is 5.26 Å². The van der Waals surface area contributed by atoms with Gasteiger partial charge in [0.1, 0.15) is 5.82 Å². The van der Waals surface area contributed by atoms with Gasteiger partial charge in [0.05, 0.1) is 23.1 Å². The number of rotatable bonds is 2. The van der Waals surface area contributed by atoms with Crippen molar-refractivity contribution in [3.8, 4) is 6.07 Å². The number of nitriles is 1. The molecule has 1 aliphatic rings. The highest BCUT2D eigenvalue weighted by atomic mass is 32.2. The predicted molar refractivity (Wildman–Crippen MR) is 69.6 cm³/mol. The molecule has 0 aromatic heterocycles. The summed E-state index contributed by atoms with van der Waals surface area (Å²) in [5.41, 5.74) is 0.981. The number of hydrogen-bond donors (Lipinski definition) is 0. The van der Waals surface area contributed by atoms with Crippen LogP contribution in [-0.4, -0.2) is 37.4 Å². The molecule has 2 rings (SSSR count). The van der Waals surface area contributed by atoms with E-state index in [0.29, 0.717) is 18.7 Å². The normalized spacial score (nSPS) is 22.9. The summed E-state index contributed by atoms with van der Waals surface area (Å²) in [6, 6.07) is 6.04. The van der Waals surface area contributed by atoms with Crippen molar-refractivity contribution in [2.75, 3.05) is 18.1 Å². The van der Waals surface area contributed by atoms with Crippen LogP contribution in [0, 0.1) is 17.1 Å². The third kappa shape index (κ3) is 3.52. The molecule has 0 radical (unpaired) electrons. The maximum atomic E-state index is 13.3. The van der Waals surface area contributed by atoms with Crippen LogP contribution in [-0.2, 0) is 16.4 Å². The van der Waals surface area contributed by atoms with Crippen LogP contribution in [0.2, 0.25) is 0 Å². The summed E-state index contributed by atoms with van der Waals surface area (Å²) in [5.74, 6) is -0.170. The Labute approximate surface area is 112 Å². The van der Waals surface area contributed by atoms with E-state index in [9.17, 15) is 12.8 Å². The van der Waals surface area contributed by atoms with E-state index in [-0.39, 0.29) is 23.1 Å². The van der Waals surface area contributed by atoms with Gasteiger partial charge in [-0.3, -0.25) is 4.90 Å². The van der Waals surface area contributed by atoms with Crippen molar-refractivity contribution in [3.05, 3.63) is 35.1 Å². The molecule has 1 saturated heterocycles. The maximum Gasteiger partial charge on any atom is 0.153 e. The van der Waals surface area contributed by atoms with Crippen molar-refractivity contribution < 1.29 is 12.8 Å². The molecular weight excluding hydrogens is 267 g/mol. The lowest BCUT2D eigenvalue weighted by Gasteiger charge is -2.33. The van der Waals surface area contributed by atoms with E-state index in [2.05, 4.69) is 0 Å². The van der Waals surface area contributed by atoms with Crippen molar-refractivity contribution in [2.24, 2.45) is 0 Å². The van der Waals surface area contributed by atoms with Crippen LogP contribution in [0.25, 0.3) is 0 Å². The topological polar surface area (TPSA) is 61.2 Å². The van der Waals surface area contributed by atoms with Gasteiger partial charge in [0.2, 0.25) is 0 Å². The van der Waals surface area contributed by atoms with E-state index < -0.39 is 15.7 Å². The molecule has 0 saturated carbocycles. The molecule has 1 aliphatic heterocycles. The van der Waals surface area contributed by atoms with Gasteiger partial charge in [0.25, 0.3) is 0 Å². The smallest absolute Gasteiger partial charge is 0.153 e. The molecule has 4 nitrogen and oxygen atoms in total. The van der Waals surface area contributed by atoms with Crippen LogP contribution < -0.4 is 0 Å². The number of hydrogen-bond acceptors (Lipinski definition) is 4. The molecule has 1 aromatic rings. The highest BCUT2D eigenvalue weighted by Gasteiger charge is 2.27. The standard InChI is InChI=1S/C13H15FN2O2S/c1-10-9-19(17,18)3-2-16(10)8-12-4-11(7-15)5-13(14)6-12/h4-6,10H,2-3,8-9H2,1H3. The SMILES string of the molecule is CC1CS(=O)(=O)CCN1Cc1cc(F)cc(C#N)c1. The molecule has 0 amide bonds. The minimum absolute atomic E-state index is 0.0902. The Balaban J connectivity index is 2.14. The lowest BCUT2D eigenvalue weighted by atomic mass is 10.1. The highest BCUT2D eigenvalue weighted by molar-refractivity contribution is 7.91. The van der Waals surface area contributed by atoms with Crippen molar-refractivity contribution in [1.29, 1.82) is 5.26 Å². The van der Waals surface area contributed by atoms with Gasteiger partial charge in [0, 0.05) is 19.1 Å². The average molecular weight is 282 g/mol. The Morgan fingerprint density at radius 1 is 1.47 bits per heavy atom. The van der Waals surface area contributed by atoms with Gasteiger partial charge in [0.15, 0.2) is 9.84 Å². The lowest BCUT2D eigenvalue weighted by Crippen LogP contribution is -2.46. The third-order valence-electron chi connectivity index (χ3n) is 3.28. The van der Waals surface area contributed by atoms with Crippen LogP contribution in [0.15, 0.2) is 18.2 Å². The van der Waals surface area contributed by atoms with E-state index in [0.717, 1.165) is 0 Å². The fraction of sp³-hybridized carbons (Fsp3) is 0.462. The first-order chi connectivity index (χ1) is 8.89. The highest BCUT2D eigenvalue weighted by Crippen LogP contribution is 2.17. The molecule has 19 heavy (non-hydrogen) atoms. The number of benzene rings is 1. The molecule has 1 atom stereocenters. The fourth-order valence-corrected chi connectivity index (χ4v) is 3.93. The molecule has 1 unspecified atom stereocenters. The van der Waals surface area contributed by atoms with Crippen molar-refractivity contribution >= 4 is 9.84 Å². The summed E-state index contributed by atoms with van der Waals surface area (Å²) in [7, 11) is -2.95. The Bertz CT molecular complexity index is 622. The molecule has 1 heterocycles. The van der Waals surface area contributed by atoms with Gasteiger partial charge in [-0.1, -0.05) is 0 Å². The second-order valence-corrected chi connectivity index (χ2v) is 7.12. The average Bonchev–Trinajstić information content (AvgIpc) is 2.31. The molecule has 0 aliphatic carbocycles. The fourth-order valence-electron chi connectivity index (χ4n) is 2.31. The molecule has 0 bridgehead atoms. The summed E-state index contributed by atoms with van der Waals surface area (Å²) < 4.78 is 36.3. The monoisotopic (exact) mass is 282 g/mol. The first kappa shape index (κ1) is 14.0. The summed E-state index contributed by atoms with van der Waals surface area (Å²) in [6.07, 6.45) is 0. The van der Waals surface area contributed by atoms with Crippen LogP contribution in [0.5, 0.6) is 0 Å². The number of sulfone groups is 1. The van der Waals surface area contributed by atoms with Gasteiger partial charge in [-0.05, 0) is 30.7 Å². The van der Waals surface area contributed by atoms with E-state index in [4.69, 9.17) is 5.26 Å². The van der Waals surface area contributed by atoms with E-state index in [1.807, 2.05) is 17.9 Å². The third-order valence-corrected chi connectivity index (χ3v) is 5.08. The Morgan fingerprint density at radius 2 is 2.21 bits per heavy atom. The largest absolute Gasteiger partial charge is 0.294 e. The minimum Gasteiger partial charge on any atom is -0.294 e. The van der Waals surface area contributed by atoms with E-state index in [1.54, 1.807) is 6.07 Å². The minimum atomic E-state index is -2.95. The Kier molecular flexibility index (Phi) is 3.88. The van der Waals surface area contributed by atoms with Gasteiger partial charge < -0.3 is 0 Å². The zero-order valence-corrected chi connectivity index (χ0v) is 11.5. The number of nitrogens with zero attached hydrogens (tertiary/aromatic N) is 2. The molecule has 0 spiro atoms. The zero-order chi connectivity index (χ0) is 14.0. The van der Waals surface area contributed by atoms with Gasteiger partial charge >= 0.3 is 0 Å². The predicted octanol–water partition coefficient (Wildman–Crippen LogP) is 1.32. The van der Waals surface area contributed by atoms with Crippen LogP contribution >= 0.6 is 0 Å². The summed E-state index contributed by atoms with van der Waals surface area (Å²) in [4.78, 5) is 2.00. The van der Waals surface area contributed by atoms with Crippen molar-refractivity contribution in [3.63, 3.8) is 0 Å². The van der Waals surface area contributed by atoms with Crippen LogP contribution in [0.1, 0.15) is 18.1 Å². The van der Waals surface area contributed by atoms with Crippen molar-refractivity contribution in [2.45, 2.75) is 19.5 Å². The number of halogens is 1. The summed E-state index contributed by atoms with van der Waals surface area (Å²) in [5, 5.41) is 8.80. The van der Waals surface area contributed by atoms with E-state index >= 15 is 0 Å². The summed E-state index contributed by atoms with van der Waals surface area (Å²) in [6.45, 7) is 2.76. The first-order valence-corrected chi connectivity index (χ1v) is 7.86. The molecule has 0 N–H and O–H groups in total. The molecular formula is C13H15FN2O2S. The Morgan fingerprint density at radius 3 is 2.84 bits per heavy atom. The van der Waals surface area contributed by atoms with Crippen LogP contribution in [0.4, 0.5) is 4.39 Å². The second kappa shape index (κ2) is 5.27.